The minimum atomic E-state index is -4.64. The molecule has 14 heteroatoms. The molecule has 2 aromatic carbocycles. The van der Waals surface area contributed by atoms with E-state index in [4.69, 9.17) is 11.6 Å². The van der Waals surface area contributed by atoms with Crippen molar-refractivity contribution in [3.63, 3.8) is 0 Å². The van der Waals surface area contributed by atoms with Crippen LogP contribution < -0.4 is 5.32 Å². The largest absolute Gasteiger partial charge is 0.449 e. The Morgan fingerprint density at radius 1 is 1.18 bits per heavy atom. The van der Waals surface area contributed by atoms with E-state index in [9.17, 15) is 22.8 Å². The third kappa shape index (κ3) is 6.23. The summed E-state index contributed by atoms with van der Waals surface area (Å²) < 4.78 is 38.6. The van der Waals surface area contributed by atoms with Gasteiger partial charge in [-0.1, -0.05) is 29.8 Å². The molecule has 2 N–H and O–H groups in total. The first-order chi connectivity index (χ1) is 18.0. The van der Waals surface area contributed by atoms with Crippen molar-refractivity contribution in [2.75, 3.05) is 5.32 Å². The average molecular weight is 562 g/mol. The quantitative estimate of drug-likeness (QED) is 0.295. The minimum absolute atomic E-state index is 0.228. The number of aryl methyl sites for hydroxylation is 1. The lowest BCUT2D eigenvalue weighted by atomic mass is 10.1. The van der Waals surface area contributed by atoms with Crippen LogP contribution in [0.25, 0.3) is 22.3 Å². The van der Waals surface area contributed by atoms with E-state index in [0.717, 1.165) is 27.0 Å². The predicted molar refractivity (Wildman–Crippen MR) is 137 cm³/mol. The number of hydrogen-bond acceptors (Lipinski definition) is 7. The number of anilines is 1. The number of alkyl halides is 3. The van der Waals surface area contributed by atoms with E-state index in [1.54, 1.807) is 24.1 Å². The number of nitrogens with zero attached hydrogens (tertiary/aromatic N) is 5. The van der Waals surface area contributed by atoms with Crippen LogP contribution in [-0.2, 0) is 18.3 Å². The minimum Gasteiger partial charge on any atom is -0.330 e. The fraction of sp³-hybridized carbons (Fsp3) is 0.167. The fourth-order valence-electron chi connectivity index (χ4n) is 3.28. The number of aromatic nitrogens is 6. The summed E-state index contributed by atoms with van der Waals surface area (Å²) in [6, 6.07) is 11.4. The first-order valence-corrected chi connectivity index (χ1v) is 12.1. The Morgan fingerprint density at radius 2 is 1.95 bits per heavy atom. The molecule has 0 bridgehead atoms. The smallest absolute Gasteiger partial charge is 0.330 e. The average Bonchev–Trinajstić information content (AvgIpc) is 3.62. The van der Waals surface area contributed by atoms with Crippen molar-refractivity contribution in [2.45, 2.75) is 19.5 Å². The molecule has 3 heterocycles. The van der Waals surface area contributed by atoms with Crippen LogP contribution in [-0.4, -0.2) is 47.0 Å². The summed E-state index contributed by atoms with van der Waals surface area (Å²) in [6.07, 6.45) is 0.772. The van der Waals surface area contributed by atoms with Gasteiger partial charge in [0.2, 0.25) is 5.78 Å². The Kier molecular flexibility index (Phi) is 7.88. The van der Waals surface area contributed by atoms with Gasteiger partial charge in [0.15, 0.2) is 5.82 Å². The van der Waals surface area contributed by atoms with Crippen molar-refractivity contribution in [1.29, 1.82) is 0 Å². The highest BCUT2D eigenvalue weighted by Gasteiger charge is 2.33. The molecule has 0 atom stereocenters. The van der Waals surface area contributed by atoms with Gasteiger partial charge >= 0.3 is 6.18 Å². The first-order valence-electron chi connectivity index (χ1n) is 10.9. The van der Waals surface area contributed by atoms with Crippen LogP contribution in [0.5, 0.6) is 0 Å². The second kappa shape index (κ2) is 11.1. The summed E-state index contributed by atoms with van der Waals surface area (Å²) >= 11 is 7.86. The van der Waals surface area contributed by atoms with Crippen molar-refractivity contribution in [2.24, 2.45) is 7.05 Å². The zero-order valence-electron chi connectivity index (χ0n) is 19.9. The van der Waals surface area contributed by atoms with Crippen LogP contribution in [0, 0.1) is 0 Å². The maximum absolute atomic E-state index is 12.4. The first kappa shape index (κ1) is 26.9. The number of carbonyl (C=O) groups excluding carboxylic acids is 2. The molecule has 5 rings (SSSR count). The second-order valence-electron chi connectivity index (χ2n) is 8.04. The van der Waals surface area contributed by atoms with Crippen molar-refractivity contribution in [1.82, 2.24) is 29.1 Å². The van der Waals surface area contributed by atoms with E-state index in [0.29, 0.717) is 35.6 Å². The number of Topliss-reactive ketones (excluding diaryl/α,β-unsaturated/α-hetero) is 1. The van der Waals surface area contributed by atoms with Gasteiger partial charge in [-0.05, 0) is 35.3 Å². The number of ketones is 1. The summed E-state index contributed by atoms with van der Waals surface area (Å²) in [5.41, 5.74) is 3.83. The number of aromatic amines is 1. The van der Waals surface area contributed by atoms with Crippen LogP contribution in [0.3, 0.4) is 0 Å². The van der Waals surface area contributed by atoms with Crippen molar-refractivity contribution >= 4 is 51.4 Å². The molecule has 5 aromatic rings. The molecule has 0 aliphatic carbocycles. The topological polar surface area (TPSA) is 118 Å². The number of rotatable bonds is 5. The van der Waals surface area contributed by atoms with Crippen LogP contribution >= 0.6 is 23.1 Å². The van der Waals surface area contributed by atoms with Gasteiger partial charge in [0.25, 0.3) is 5.91 Å². The molecular formula is C24H19ClF3N7O2S. The third-order valence-electron chi connectivity index (χ3n) is 5.28. The Morgan fingerprint density at radius 3 is 2.63 bits per heavy atom. The summed E-state index contributed by atoms with van der Waals surface area (Å²) in [7, 11) is 1.77. The summed E-state index contributed by atoms with van der Waals surface area (Å²) in [4.78, 5) is 30.4. The number of halogens is 4. The number of fused-ring (bicyclic) bond motifs is 1. The Labute approximate surface area is 222 Å². The van der Waals surface area contributed by atoms with Gasteiger partial charge in [-0.2, -0.15) is 22.6 Å². The molecule has 0 saturated carbocycles. The number of carbonyl (C=O) groups is 2. The highest BCUT2D eigenvalue weighted by molar-refractivity contribution is 7.05. The lowest BCUT2D eigenvalue weighted by Gasteiger charge is -2.06. The standard InChI is InChI=1S/C21H16ClN7OS.C3H3F3O/c1-29-11-23-10-17(29)21(30)25-14-4-2-3-13(7-14)20-26-18(31-28-20)8-12-5-6-16-15(19(12)22)9-24-27-16;1-2(7)3(4,5)6/h2-7,9-11H,8H2,1H3,(H,24,27)(H,25,30);1H3. The fourth-order valence-corrected chi connectivity index (χ4v) is 4.24. The number of hydrogen-bond donors (Lipinski definition) is 2. The Bertz CT molecular complexity index is 1610. The molecule has 0 saturated heterocycles. The molecule has 0 fully saturated rings. The molecule has 0 aliphatic heterocycles. The van der Waals surface area contributed by atoms with E-state index in [-0.39, 0.29) is 5.91 Å². The van der Waals surface area contributed by atoms with Gasteiger partial charge in [-0.3, -0.25) is 14.7 Å². The summed E-state index contributed by atoms with van der Waals surface area (Å²) in [6.45, 7) is 0.486. The maximum Gasteiger partial charge on any atom is 0.449 e. The van der Waals surface area contributed by atoms with Crippen molar-refractivity contribution in [3.05, 3.63) is 76.4 Å². The van der Waals surface area contributed by atoms with Crippen LogP contribution in [0.4, 0.5) is 18.9 Å². The molecule has 0 radical (unpaired) electrons. The van der Waals surface area contributed by atoms with Gasteiger partial charge in [-0.25, -0.2) is 9.97 Å². The molecule has 38 heavy (non-hydrogen) atoms. The van der Waals surface area contributed by atoms with Gasteiger partial charge in [0.1, 0.15) is 10.7 Å². The Hall–Kier alpha value is -4.10. The highest BCUT2D eigenvalue weighted by atomic mass is 35.5. The molecule has 0 spiro atoms. The molecule has 1 amide bonds. The lowest BCUT2D eigenvalue weighted by molar-refractivity contribution is -0.168. The number of nitrogens with one attached hydrogen (secondary N) is 2. The maximum atomic E-state index is 12.4. The third-order valence-corrected chi connectivity index (χ3v) is 6.43. The van der Waals surface area contributed by atoms with Gasteiger partial charge in [-0.15, -0.1) is 0 Å². The van der Waals surface area contributed by atoms with E-state index in [1.165, 1.54) is 17.7 Å². The van der Waals surface area contributed by atoms with Crippen LogP contribution in [0.2, 0.25) is 5.02 Å². The number of imidazole rings is 1. The monoisotopic (exact) mass is 561 g/mol. The number of benzene rings is 2. The van der Waals surface area contributed by atoms with Gasteiger partial charge in [0, 0.05) is 37.0 Å². The molecular weight excluding hydrogens is 543 g/mol. The normalized spacial score (nSPS) is 11.2. The molecule has 0 aliphatic rings. The van der Waals surface area contributed by atoms with E-state index >= 15 is 0 Å². The van der Waals surface area contributed by atoms with Crippen molar-refractivity contribution in [3.8, 4) is 11.4 Å². The van der Waals surface area contributed by atoms with Crippen molar-refractivity contribution < 1.29 is 22.8 Å². The Balaban J connectivity index is 0.000000426. The number of H-pyrrole nitrogens is 1. The molecule has 3 aromatic heterocycles. The van der Waals surface area contributed by atoms with E-state index in [1.807, 2.05) is 36.4 Å². The van der Waals surface area contributed by atoms with Crippen LogP contribution in [0.15, 0.2) is 55.1 Å². The second-order valence-corrected chi connectivity index (χ2v) is 9.25. The lowest BCUT2D eigenvalue weighted by Crippen LogP contribution is -2.18. The van der Waals surface area contributed by atoms with Gasteiger partial charge in [0.05, 0.1) is 29.3 Å². The van der Waals surface area contributed by atoms with Crippen LogP contribution in [0.1, 0.15) is 28.0 Å². The molecule has 9 nitrogen and oxygen atoms in total. The zero-order chi connectivity index (χ0) is 27.4. The highest BCUT2D eigenvalue weighted by Crippen LogP contribution is 2.29. The molecule has 196 valence electrons. The van der Waals surface area contributed by atoms with E-state index < -0.39 is 12.0 Å². The van der Waals surface area contributed by atoms with E-state index in [2.05, 4.69) is 29.9 Å². The summed E-state index contributed by atoms with van der Waals surface area (Å²) in [5.74, 6) is -1.38. The van der Waals surface area contributed by atoms with Gasteiger partial charge < -0.3 is 9.88 Å². The summed E-state index contributed by atoms with van der Waals surface area (Å²) in [5, 5.41) is 12.2. The zero-order valence-corrected chi connectivity index (χ0v) is 21.4. The predicted octanol–water partition coefficient (Wildman–Crippen LogP) is 5.45. The molecule has 0 unspecified atom stereocenters. The number of amides is 1. The SMILES string of the molecule is CC(=O)C(F)(F)F.Cn1cncc1C(=O)Nc1cccc(-c2nsc(Cc3ccc4[nH]ncc4c3Cl)n2)c1.